The summed E-state index contributed by atoms with van der Waals surface area (Å²) in [5.74, 6) is -0.305. The Kier molecular flexibility index (Phi) is 3.82. The van der Waals surface area contributed by atoms with Gasteiger partial charge in [-0.15, -0.1) is 0 Å². The highest BCUT2D eigenvalue weighted by Crippen LogP contribution is 2.35. The van der Waals surface area contributed by atoms with E-state index in [2.05, 4.69) is 31.9 Å². The number of hydrogen-bond donors (Lipinski definition) is 1. The summed E-state index contributed by atoms with van der Waals surface area (Å²) < 4.78 is 19.8. The minimum Gasteiger partial charge on any atom is -0.506 e. The van der Waals surface area contributed by atoms with Crippen LogP contribution in [0.2, 0.25) is 0 Å². The number of carbonyl (C=O) groups is 1. The second-order valence-corrected chi connectivity index (χ2v) is 6.50. The highest BCUT2D eigenvalue weighted by molar-refractivity contribution is 9.11. The molecule has 0 fully saturated rings. The maximum atomic E-state index is 13.5. The van der Waals surface area contributed by atoms with Crippen molar-refractivity contribution in [2.24, 2.45) is 0 Å². The number of aryl methyl sites for hydroxylation is 1. The summed E-state index contributed by atoms with van der Waals surface area (Å²) in [4.78, 5) is 12.8. The van der Waals surface area contributed by atoms with Gasteiger partial charge in [-0.2, -0.15) is 0 Å². The van der Waals surface area contributed by atoms with Crippen molar-refractivity contribution >= 4 is 48.6 Å². The number of aromatic hydroxyl groups is 1. The van der Waals surface area contributed by atoms with Gasteiger partial charge in [-0.1, -0.05) is 0 Å². The Hall–Kier alpha value is -1.66. The quantitative estimate of drug-likeness (QED) is 0.561. The molecule has 0 spiro atoms. The van der Waals surface area contributed by atoms with Gasteiger partial charge in [0.15, 0.2) is 5.78 Å². The van der Waals surface area contributed by atoms with Gasteiger partial charge in [-0.3, -0.25) is 4.79 Å². The molecule has 112 valence electrons. The smallest absolute Gasteiger partial charge is 0.197 e. The van der Waals surface area contributed by atoms with Gasteiger partial charge in [0.05, 0.1) is 14.5 Å². The molecule has 2 aromatic carbocycles. The minimum absolute atomic E-state index is 0.0105. The fraction of sp³-hybridized carbons (Fsp3) is 0.0625. The predicted molar refractivity (Wildman–Crippen MR) is 87.8 cm³/mol. The number of rotatable bonds is 2. The van der Waals surface area contributed by atoms with Gasteiger partial charge >= 0.3 is 0 Å². The zero-order chi connectivity index (χ0) is 16.0. The lowest BCUT2D eigenvalue weighted by Gasteiger charge is -2.05. The molecule has 0 saturated heterocycles. The molecule has 3 nitrogen and oxygen atoms in total. The first-order valence-electron chi connectivity index (χ1n) is 6.30. The van der Waals surface area contributed by atoms with Crippen molar-refractivity contribution < 1.29 is 18.7 Å². The third kappa shape index (κ3) is 2.46. The Morgan fingerprint density at radius 1 is 1.18 bits per heavy atom. The van der Waals surface area contributed by atoms with Crippen LogP contribution in [0.15, 0.2) is 43.7 Å². The number of ketones is 1. The topological polar surface area (TPSA) is 50.4 Å². The van der Waals surface area contributed by atoms with E-state index in [1.54, 1.807) is 6.92 Å². The molecule has 22 heavy (non-hydrogen) atoms. The van der Waals surface area contributed by atoms with E-state index in [0.717, 1.165) is 0 Å². The van der Waals surface area contributed by atoms with E-state index in [9.17, 15) is 14.3 Å². The molecule has 0 radical (unpaired) electrons. The maximum Gasteiger partial charge on any atom is 0.197 e. The van der Waals surface area contributed by atoms with Crippen molar-refractivity contribution in [2.45, 2.75) is 6.92 Å². The number of phenolic OH excluding ortho intramolecular Hbond substituents is 1. The lowest BCUT2D eigenvalue weighted by Crippen LogP contribution is -2.02. The van der Waals surface area contributed by atoms with Crippen LogP contribution in [0.4, 0.5) is 4.39 Å². The van der Waals surface area contributed by atoms with Gasteiger partial charge in [0.25, 0.3) is 0 Å². The van der Waals surface area contributed by atoms with Crippen LogP contribution in [-0.4, -0.2) is 10.9 Å². The van der Waals surface area contributed by atoms with Gasteiger partial charge in [-0.25, -0.2) is 4.39 Å². The number of carbonyl (C=O) groups excluding carboxylic acids is 1. The largest absolute Gasteiger partial charge is 0.506 e. The van der Waals surface area contributed by atoms with Crippen molar-refractivity contribution in [1.82, 2.24) is 0 Å². The van der Waals surface area contributed by atoms with Crippen molar-refractivity contribution in [3.05, 3.63) is 62.0 Å². The zero-order valence-electron chi connectivity index (χ0n) is 11.3. The number of phenols is 1. The van der Waals surface area contributed by atoms with Crippen LogP contribution in [0.1, 0.15) is 21.7 Å². The Morgan fingerprint density at radius 2 is 1.82 bits per heavy atom. The number of furan rings is 1. The van der Waals surface area contributed by atoms with Crippen LogP contribution in [0.25, 0.3) is 11.0 Å². The molecule has 1 heterocycles. The third-order valence-electron chi connectivity index (χ3n) is 3.33. The first kappa shape index (κ1) is 15.2. The van der Waals surface area contributed by atoms with E-state index in [0.29, 0.717) is 36.8 Å². The fourth-order valence-corrected chi connectivity index (χ4v) is 3.50. The normalized spacial score (nSPS) is 11.1. The average molecular weight is 428 g/mol. The number of fused-ring (bicyclic) bond motifs is 1. The Balaban J connectivity index is 2.21. The standard InChI is InChI=1S/C16H9Br2FO3/c1-7-14(10-6-9(19)2-3-13(10)22-7)15(20)8-4-11(17)16(21)12(18)5-8/h2-6,21H,1H3. The van der Waals surface area contributed by atoms with Crippen LogP contribution in [0, 0.1) is 12.7 Å². The summed E-state index contributed by atoms with van der Waals surface area (Å²) in [5.41, 5.74) is 1.13. The summed E-state index contributed by atoms with van der Waals surface area (Å²) in [7, 11) is 0. The van der Waals surface area contributed by atoms with Gasteiger partial charge in [-0.05, 0) is 69.1 Å². The van der Waals surface area contributed by atoms with E-state index in [4.69, 9.17) is 4.42 Å². The van der Waals surface area contributed by atoms with Crippen LogP contribution in [0.3, 0.4) is 0 Å². The maximum absolute atomic E-state index is 13.5. The highest BCUT2D eigenvalue weighted by atomic mass is 79.9. The first-order chi connectivity index (χ1) is 10.4. The summed E-state index contributed by atoms with van der Waals surface area (Å²) in [6.07, 6.45) is 0. The SMILES string of the molecule is Cc1oc2ccc(F)cc2c1C(=O)c1cc(Br)c(O)c(Br)c1. The second kappa shape index (κ2) is 5.52. The van der Waals surface area contributed by atoms with Gasteiger partial charge in [0.2, 0.25) is 0 Å². The fourth-order valence-electron chi connectivity index (χ4n) is 2.32. The molecular formula is C16H9Br2FO3. The molecule has 3 aromatic rings. The monoisotopic (exact) mass is 426 g/mol. The molecule has 0 aliphatic carbocycles. The Bertz CT molecular complexity index is 892. The molecule has 0 unspecified atom stereocenters. The van der Waals surface area contributed by atoms with Crippen molar-refractivity contribution in [3.63, 3.8) is 0 Å². The van der Waals surface area contributed by atoms with Gasteiger partial charge in [0.1, 0.15) is 22.9 Å². The third-order valence-corrected chi connectivity index (χ3v) is 4.54. The van der Waals surface area contributed by atoms with Crippen LogP contribution in [0.5, 0.6) is 5.75 Å². The molecule has 0 aliphatic heterocycles. The van der Waals surface area contributed by atoms with Crippen LogP contribution >= 0.6 is 31.9 Å². The van der Waals surface area contributed by atoms with Gasteiger partial charge in [0, 0.05) is 10.9 Å². The van der Waals surface area contributed by atoms with Crippen molar-refractivity contribution in [1.29, 1.82) is 0 Å². The van der Waals surface area contributed by atoms with E-state index in [1.807, 2.05) is 0 Å². The van der Waals surface area contributed by atoms with Gasteiger partial charge < -0.3 is 9.52 Å². The summed E-state index contributed by atoms with van der Waals surface area (Å²) in [6, 6.07) is 7.09. The molecule has 0 amide bonds. The van der Waals surface area contributed by atoms with E-state index < -0.39 is 5.82 Å². The second-order valence-electron chi connectivity index (χ2n) is 4.79. The van der Waals surface area contributed by atoms with Crippen LogP contribution < -0.4 is 0 Å². The lowest BCUT2D eigenvalue weighted by atomic mass is 10.0. The van der Waals surface area contributed by atoms with Crippen LogP contribution in [-0.2, 0) is 0 Å². The minimum atomic E-state index is -0.435. The van der Waals surface area contributed by atoms with E-state index in [1.165, 1.54) is 30.3 Å². The number of hydrogen-bond acceptors (Lipinski definition) is 3. The molecule has 0 aliphatic rings. The molecule has 0 bridgehead atoms. The lowest BCUT2D eigenvalue weighted by molar-refractivity contribution is 0.103. The molecule has 0 atom stereocenters. The molecular weight excluding hydrogens is 419 g/mol. The number of benzene rings is 2. The molecule has 6 heteroatoms. The Morgan fingerprint density at radius 3 is 2.45 bits per heavy atom. The summed E-state index contributed by atoms with van der Waals surface area (Å²) in [5, 5.41) is 10.2. The van der Waals surface area contributed by atoms with Crippen molar-refractivity contribution in [2.75, 3.05) is 0 Å². The summed E-state index contributed by atoms with van der Waals surface area (Å²) >= 11 is 6.39. The van der Waals surface area contributed by atoms with E-state index >= 15 is 0 Å². The zero-order valence-corrected chi connectivity index (χ0v) is 14.5. The first-order valence-corrected chi connectivity index (χ1v) is 7.88. The molecule has 1 aromatic heterocycles. The Labute approximate surface area is 142 Å². The molecule has 1 N–H and O–H groups in total. The van der Waals surface area contributed by atoms with Crippen molar-refractivity contribution in [3.8, 4) is 5.75 Å². The molecule has 3 rings (SSSR count). The average Bonchev–Trinajstić information content (AvgIpc) is 2.78. The summed E-state index contributed by atoms with van der Waals surface area (Å²) in [6.45, 7) is 1.66. The predicted octanol–water partition coefficient (Wildman–Crippen LogP) is 5.34. The van der Waals surface area contributed by atoms with E-state index in [-0.39, 0.29) is 11.5 Å². The highest BCUT2D eigenvalue weighted by Gasteiger charge is 2.21. The number of halogens is 3. The molecule has 0 saturated carbocycles.